The lowest BCUT2D eigenvalue weighted by atomic mass is 10.3. The summed E-state index contributed by atoms with van der Waals surface area (Å²) in [6, 6.07) is 8.16. The van der Waals surface area contributed by atoms with E-state index in [1.54, 1.807) is 11.3 Å². The molecule has 31 heavy (non-hydrogen) atoms. The van der Waals surface area contributed by atoms with Gasteiger partial charge in [-0.1, -0.05) is 17.8 Å². The first kappa shape index (κ1) is 22.6. The van der Waals surface area contributed by atoms with Gasteiger partial charge in [-0.15, -0.1) is 29.6 Å². The SMILES string of the molecule is O=C(CSc1nnnn1-c1ccc(OC(F)(F)F)cc1)NC(=O)NCCc1cccs1. The number of aromatic nitrogens is 4. The number of nitrogens with one attached hydrogen (secondary N) is 2. The smallest absolute Gasteiger partial charge is 0.406 e. The van der Waals surface area contributed by atoms with Gasteiger partial charge in [0.25, 0.3) is 0 Å². The van der Waals surface area contributed by atoms with E-state index in [0.29, 0.717) is 18.7 Å². The van der Waals surface area contributed by atoms with Crippen LogP contribution in [0.1, 0.15) is 4.88 Å². The minimum absolute atomic E-state index is 0.145. The first-order chi connectivity index (χ1) is 14.8. The minimum atomic E-state index is -4.79. The van der Waals surface area contributed by atoms with Gasteiger partial charge in [-0.2, -0.15) is 4.68 Å². The highest BCUT2D eigenvalue weighted by molar-refractivity contribution is 7.99. The zero-order valence-corrected chi connectivity index (χ0v) is 17.3. The van der Waals surface area contributed by atoms with Gasteiger partial charge in [0.05, 0.1) is 11.4 Å². The van der Waals surface area contributed by atoms with Gasteiger partial charge in [-0.25, -0.2) is 4.79 Å². The van der Waals surface area contributed by atoms with Gasteiger partial charge >= 0.3 is 12.4 Å². The lowest BCUT2D eigenvalue weighted by molar-refractivity contribution is -0.274. The summed E-state index contributed by atoms with van der Waals surface area (Å²) in [7, 11) is 0. The fourth-order valence-electron chi connectivity index (χ4n) is 2.31. The predicted octanol–water partition coefficient (Wildman–Crippen LogP) is 2.78. The van der Waals surface area contributed by atoms with E-state index >= 15 is 0 Å². The minimum Gasteiger partial charge on any atom is -0.406 e. The molecule has 2 N–H and O–H groups in total. The molecule has 3 aromatic rings. The Morgan fingerprint density at radius 3 is 2.65 bits per heavy atom. The first-order valence-corrected chi connectivity index (χ1v) is 10.5. The van der Waals surface area contributed by atoms with Crippen LogP contribution in [0.25, 0.3) is 5.69 Å². The molecular weight excluding hydrogens is 457 g/mol. The number of rotatable bonds is 8. The lowest BCUT2D eigenvalue weighted by Crippen LogP contribution is -2.41. The van der Waals surface area contributed by atoms with Gasteiger partial charge in [0, 0.05) is 11.4 Å². The standard InChI is InChI=1S/C17H15F3N6O3S2/c18-17(19,20)29-12-5-3-11(4-6-12)26-16(23-24-25-26)31-10-14(27)22-15(28)21-8-7-13-2-1-9-30-13/h1-6,9H,7-8,10H2,(H2,21,22,27,28). The van der Waals surface area contributed by atoms with Crippen molar-refractivity contribution in [3.63, 3.8) is 0 Å². The van der Waals surface area contributed by atoms with Crippen molar-refractivity contribution in [3.8, 4) is 11.4 Å². The monoisotopic (exact) mass is 472 g/mol. The van der Waals surface area contributed by atoms with Crippen molar-refractivity contribution in [3.05, 3.63) is 46.7 Å². The Bertz CT molecular complexity index is 1010. The van der Waals surface area contributed by atoms with Gasteiger partial charge in [0.1, 0.15) is 5.75 Å². The molecule has 0 radical (unpaired) electrons. The van der Waals surface area contributed by atoms with Crippen LogP contribution in [-0.2, 0) is 11.2 Å². The number of halogens is 3. The number of nitrogens with zero attached hydrogens (tertiary/aromatic N) is 4. The molecule has 2 heterocycles. The Morgan fingerprint density at radius 2 is 1.97 bits per heavy atom. The van der Waals surface area contributed by atoms with Crippen LogP contribution >= 0.6 is 23.1 Å². The Kier molecular flexibility index (Phi) is 7.46. The molecule has 0 fully saturated rings. The summed E-state index contributed by atoms with van der Waals surface area (Å²) in [5.74, 6) is -1.08. The number of carbonyl (C=O) groups excluding carboxylic acids is 2. The molecular formula is C17H15F3N6O3S2. The van der Waals surface area contributed by atoms with Crippen molar-refractivity contribution >= 4 is 35.0 Å². The number of tetrazole rings is 1. The maximum atomic E-state index is 12.2. The molecule has 0 atom stereocenters. The molecule has 14 heteroatoms. The number of thiophene rings is 1. The number of benzene rings is 1. The molecule has 0 saturated heterocycles. The van der Waals surface area contributed by atoms with E-state index in [1.165, 1.54) is 16.8 Å². The van der Waals surface area contributed by atoms with Crippen LogP contribution in [0.5, 0.6) is 5.75 Å². The summed E-state index contributed by atoms with van der Waals surface area (Å²) in [5, 5.41) is 18.0. The largest absolute Gasteiger partial charge is 0.573 e. The first-order valence-electron chi connectivity index (χ1n) is 8.67. The van der Waals surface area contributed by atoms with Crippen LogP contribution in [-0.4, -0.2) is 50.8 Å². The normalized spacial score (nSPS) is 11.2. The molecule has 0 saturated carbocycles. The number of imide groups is 1. The van der Waals surface area contributed by atoms with Gasteiger partial charge in [0.15, 0.2) is 0 Å². The quantitative estimate of drug-likeness (QED) is 0.485. The van der Waals surface area contributed by atoms with E-state index in [2.05, 4.69) is 30.9 Å². The van der Waals surface area contributed by atoms with Crippen molar-refractivity contribution in [1.82, 2.24) is 30.8 Å². The summed E-state index contributed by atoms with van der Waals surface area (Å²) in [6.07, 6.45) is -4.13. The Balaban J connectivity index is 1.47. The van der Waals surface area contributed by atoms with Crippen LogP contribution in [0, 0.1) is 0 Å². The molecule has 2 aromatic heterocycles. The molecule has 1 aromatic carbocycles. The van der Waals surface area contributed by atoms with Crippen LogP contribution in [0.3, 0.4) is 0 Å². The number of urea groups is 1. The van der Waals surface area contributed by atoms with E-state index in [4.69, 9.17) is 0 Å². The van der Waals surface area contributed by atoms with Gasteiger partial charge in [0.2, 0.25) is 11.1 Å². The van der Waals surface area contributed by atoms with Crippen LogP contribution < -0.4 is 15.4 Å². The van der Waals surface area contributed by atoms with Gasteiger partial charge in [-0.3, -0.25) is 10.1 Å². The molecule has 0 spiro atoms. The third kappa shape index (κ3) is 7.25. The van der Waals surface area contributed by atoms with Crippen molar-refractivity contribution in [2.75, 3.05) is 12.3 Å². The maximum Gasteiger partial charge on any atom is 0.573 e. The van der Waals surface area contributed by atoms with Gasteiger partial charge in [-0.05, 0) is 52.6 Å². The molecule has 0 aliphatic carbocycles. The number of hydrogen-bond donors (Lipinski definition) is 2. The van der Waals surface area contributed by atoms with E-state index < -0.39 is 18.3 Å². The second kappa shape index (κ2) is 10.3. The number of amides is 3. The van der Waals surface area contributed by atoms with E-state index in [9.17, 15) is 22.8 Å². The molecule has 0 unspecified atom stereocenters. The Hall–Kier alpha value is -3.13. The Labute approximate surface area is 182 Å². The molecule has 0 aliphatic heterocycles. The highest BCUT2D eigenvalue weighted by Crippen LogP contribution is 2.24. The Morgan fingerprint density at radius 1 is 1.19 bits per heavy atom. The summed E-state index contributed by atoms with van der Waals surface area (Å²) in [5.41, 5.74) is 0.369. The fraction of sp³-hybridized carbons (Fsp3) is 0.235. The topological polar surface area (TPSA) is 111 Å². The third-order valence-corrected chi connectivity index (χ3v) is 5.43. The molecule has 9 nitrogen and oxygen atoms in total. The van der Waals surface area contributed by atoms with Crippen molar-refractivity contribution in [2.45, 2.75) is 17.9 Å². The van der Waals surface area contributed by atoms with E-state index in [0.717, 1.165) is 28.8 Å². The van der Waals surface area contributed by atoms with Crippen molar-refractivity contribution < 1.29 is 27.5 Å². The number of carbonyl (C=O) groups is 2. The van der Waals surface area contributed by atoms with Crippen molar-refractivity contribution in [2.24, 2.45) is 0 Å². The summed E-state index contributed by atoms with van der Waals surface area (Å²) >= 11 is 2.54. The average Bonchev–Trinajstić information content (AvgIpc) is 3.37. The predicted molar refractivity (Wildman–Crippen MR) is 106 cm³/mol. The van der Waals surface area contributed by atoms with Crippen molar-refractivity contribution in [1.29, 1.82) is 0 Å². The van der Waals surface area contributed by atoms with Crippen LogP contribution in [0.2, 0.25) is 0 Å². The zero-order valence-electron chi connectivity index (χ0n) is 15.6. The highest BCUT2D eigenvalue weighted by atomic mass is 32.2. The van der Waals surface area contributed by atoms with Gasteiger partial charge < -0.3 is 10.1 Å². The summed E-state index contributed by atoms with van der Waals surface area (Å²) < 4.78 is 41.8. The number of thioether (sulfide) groups is 1. The van der Waals surface area contributed by atoms with E-state index in [-0.39, 0.29) is 16.7 Å². The van der Waals surface area contributed by atoms with E-state index in [1.807, 2.05) is 17.5 Å². The molecule has 3 rings (SSSR count). The third-order valence-electron chi connectivity index (χ3n) is 3.58. The molecule has 3 amide bonds. The summed E-state index contributed by atoms with van der Waals surface area (Å²) in [6.45, 7) is 0.388. The molecule has 0 bridgehead atoms. The zero-order chi connectivity index (χ0) is 22.3. The molecule has 0 aliphatic rings. The maximum absolute atomic E-state index is 12.2. The molecule has 164 valence electrons. The number of ether oxygens (including phenoxy) is 1. The average molecular weight is 472 g/mol. The van der Waals surface area contributed by atoms with Crippen LogP contribution in [0.15, 0.2) is 46.9 Å². The van der Waals surface area contributed by atoms with Crippen LogP contribution in [0.4, 0.5) is 18.0 Å². The summed E-state index contributed by atoms with van der Waals surface area (Å²) in [4.78, 5) is 24.9. The fourth-order valence-corrected chi connectivity index (χ4v) is 3.71. The second-order valence-electron chi connectivity index (χ2n) is 5.84. The number of hydrogen-bond acceptors (Lipinski definition) is 8. The number of alkyl halides is 3. The second-order valence-corrected chi connectivity index (χ2v) is 7.81. The highest BCUT2D eigenvalue weighted by Gasteiger charge is 2.31. The lowest BCUT2D eigenvalue weighted by Gasteiger charge is -2.09.